The molecule has 0 amide bonds. The van der Waals surface area contributed by atoms with Gasteiger partial charge in [0.2, 0.25) is 4.90 Å². The molecule has 146 valence electrons. The van der Waals surface area contributed by atoms with Crippen LogP contribution in [0.4, 0.5) is 17.3 Å². The normalized spacial score (nSPS) is 15.5. The van der Waals surface area contributed by atoms with Gasteiger partial charge in [-0.25, -0.2) is 0 Å². The van der Waals surface area contributed by atoms with Gasteiger partial charge in [-0.3, -0.25) is 4.90 Å². The number of rotatable bonds is 1. The number of hydrogen-bond acceptors (Lipinski definition) is 3. The van der Waals surface area contributed by atoms with E-state index in [4.69, 9.17) is 4.42 Å². The maximum absolute atomic E-state index is 13.7. The van der Waals surface area contributed by atoms with Crippen molar-refractivity contribution in [3.05, 3.63) is 76.3 Å². The summed E-state index contributed by atoms with van der Waals surface area (Å²) < 4.78 is 20.0. The zero-order valence-electron chi connectivity index (χ0n) is 17.3. The first kappa shape index (κ1) is 18.3. The Labute approximate surface area is 174 Å². The van der Waals surface area contributed by atoms with Gasteiger partial charge in [-0.1, -0.05) is 35.4 Å². The van der Waals surface area contributed by atoms with Crippen LogP contribution in [0, 0.1) is 34.6 Å². The third-order valence-corrected chi connectivity index (χ3v) is 7.08. The van der Waals surface area contributed by atoms with Crippen LogP contribution in [0.3, 0.4) is 0 Å². The predicted octanol–water partition coefficient (Wildman–Crippen LogP) is 6.92. The van der Waals surface area contributed by atoms with Crippen LogP contribution in [0.15, 0.2) is 62.7 Å². The van der Waals surface area contributed by atoms with Crippen molar-refractivity contribution in [3.8, 4) is 0 Å². The van der Waals surface area contributed by atoms with Crippen LogP contribution in [0.2, 0.25) is 0 Å². The monoisotopic (exact) mass is 401 g/mol. The number of hydrogen-bond donors (Lipinski definition) is 0. The largest absolute Gasteiger partial charge is 0.606 e. The first-order valence-corrected chi connectivity index (χ1v) is 10.9. The molecule has 0 aliphatic carbocycles. The maximum Gasteiger partial charge on any atom is 0.263 e. The van der Waals surface area contributed by atoms with Crippen LogP contribution in [0.25, 0.3) is 11.0 Å². The topological polar surface area (TPSA) is 39.4 Å². The van der Waals surface area contributed by atoms with Crippen molar-refractivity contribution in [1.29, 1.82) is 0 Å². The van der Waals surface area contributed by atoms with Gasteiger partial charge in [0.05, 0.1) is 11.1 Å². The summed E-state index contributed by atoms with van der Waals surface area (Å²) in [5, 5.41) is 0.929. The smallest absolute Gasteiger partial charge is 0.263 e. The van der Waals surface area contributed by atoms with Gasteiger partial charge in [-0.15, -0.1) is 0 Å². The molecule has 2 heterocycles. The fraction of sp³-hybridized carbons (Fsp3) is 0.200. The Morgan fingerprint density at radius 2 is 1.45 bits per heavy atom. The zero-order chi connectivity index (χ0) is 20.4. The number of nitrogens with zero attached hydrogens (tertiary/aromatic N) is 1. The molecule has 1 aliphatic heterocycles. The number of fused-ring (bicyclic) bond motifs is 4. The lowest BCUT2D eigenvalue weighted by molar-refractivity contribution is 0.579. The highest BCUT2D eigenvalue weighted by molar-refractivity contribution is 7.92. The molecule has 5 rings (SSSR count). The fourth-order valence-corrected chi connectivity index (χ4v) is 5.94. The zero-order valence-corrected chi connectivity index (χ0v) is 18.1. The van der Waals surface area contributed by atoms with Crippen molar-refractivity contribution in [2.24, 2.45) is 0 Å². The second-order valence-corrected chi connectivity index (χ2v) is 9.44. The van der Waals surface area contributed by atoms with Crippen molar-refractivity contribution >= 4 is 39.4 Å². The Morgan fingerprint density at radius 3 is 2.17 bits per heavy atom. The van der Waals surface area contributed by atoms with Crippen LogP contribution >= 0.6 is 0 Å². The lowest BCUT2D eigenvalue weighted by Gasteiger charge is -2.32. The van der Waals surface area contributed by atoms with Gasteiger partial charge >= 0.3 is 0 Å². The maximum atomic E-state index is 13.7. The number of benzene rings is 3. The molecule has 1 aliphatic rings. The van der Waals surface area contributed by atoms with Crippen molar-refractivity contribution in [3.63, 3.8) is 0 Å². The van der Waals surface area contributed by atoms with Crippen LogP contribution in [-0.4, -0.2) is 4.55 Å². The standard InChI is InChI=1S/C25H23NO2S/c1-14-7-9-21-19(12-14)24-25(28-21)26(23-17(4)10-16(3)11-18(23)5)20-8-6-15(2)13-22(20)29(24)27/h6-13H,1-5H3. The molecule has 0 spiro atoms. The molecular weight excluding hydrogens is 378 g/mol. The summed E-state index contributed by atoms with van der Waals surface area (Å²) in [6.45, 7) is 10.5. The molecular formula is C25H23NO2S. The van der Waals surface area contributed by atoms with Crippen LogP contribution in [0.5, 0.6) is 0 Å². The Balaban J connectivity index is 1.90. The minimum Gasteiger partial charge on any atom is -0.606 e. The summed E-state index contributed by atoms with van der Waals surface area (Å²) in [4.78, 5) is 3.76. The van der Waals surface area contributed by atoms with Gasteiger partial charge in [0.25, 0.3) is 5.88 Å². The van der Waals surface area contributed by atoms with Crippen molar-refractivity contribution in [1.82, 2.24) is 0 Å². The molecule has 0 bridgehead atoms. The van der Waals surface area contributed by atoms with E-state index in [1.54, 1.807) is 0 Å². The molecule has 0 fully saturated rings. The van der Waals surface area contributed by atoms with Crippen molar-refractivity contribution < 1.29 is 8.97 Å². The van der Waals surface area contributed by atoms with E-state index in [1.807, 2.05) is 25.1 Å². The summed E-state index contributed by atoms with van der Waals surface area (Å²) in [5.74, 6) is 0.662. The minimum atomic E-state index is -1.30. The van der Waals surface area contributed by atoms with Gasteiger partial charge in [0.15, 0.2) is 4.90 Å². The highest BCUT2D eigenvalue weighted by atomic mass is 32.2. The third kappa shape index (κ3) is 2.70. The Hall–Kier alpha value is -2.69. The second kappa shape index (κ2) is 6.41. The summed E-state index contributed by atoms with van der Waals surface area (Å²) in [7, 11) is 0. The van der Waals surface area contributed by atoms with Gasteiger partial charge in [0, 0.05) is 11.2 Å². The molecule has 1 atom stereocenters. The molecule has 3 nitrogen and oxygen atoms in total. The van der Waals surface area contributed by atoms with E-state index in [2.05, 4.69) is 62.9 Å². The number of anilines is 3. The molecule has 29 heavy (non-hydrogen) atoms. The van der Waals surface area contributed by atoms with E-state index in [-0.39, 0.29) is 0 Å². The Bertz CT molecular complexity index is 1260. The number of furan rings is 1. The van der Waals surface area contributed by atoms with Gasteiger partial charge in [0.1, 0.15) is 11.3 Å². The fourth-order valence-electron chi connectivity index (χ4n) is 4.42. The second-order valence-electron chi connectivity index (χ2n) is 8.06. The first-order chi connectivity index (χ1) is 13.8. The average Bonchev–Trinajstić information content (AvgIpc) is 3.02. The average molecular weight is 402 g/mol. The molecule has 4 aromatic rings. The van der Waals surface area contributed by atoms with E-state index in [0.717, 1.165) is 43.3 Å². The van der Waals surface area contributed by atoms with Gasteiger partial charge in [-0.05, 0) is 75.6 Å². The predicted molar refractivity (Wildman–Crippen MR) is 119 cm³/mol. The van der Waals surface area contributed by atoms with E-state index in [0.29, 0.717) is 5.88 Å². The van der Waals surface area contributed by atoms with E-state index in [1.165, 1.54) is 16.7 Å². The summed E-state index contributed by atoms with van der Waals surface area (Å²) in [6, 6.07) is 16.6. The quantitative estimate of drug-likeness (QED) is 0.325. The molecule has 3 aromatic carbocycles. The van der Waals surface area contributed by atoms with E-state index >= 15 is 0 Å². The van der Waals surface area contributed by atoms with Crippen molar-refractivity contribution in [2.45, 2.75) is 44.4 Å². The molecule has 0 N–H and O–H groups in total. The molecule has 1 unspecified atom stereocenters. The molecule has 0 saturated heterocycles. The first-order valence-electron chi connectivity index (χ1n) is 9.78. The minimum absolute atomic E-state index is 0.662. The lowest BCUT2D eigenvalue weighted by atomic mass is 10.0. The number of aryl methyl sites for hydroxylation is 5. The molecule has 4 heteroatoms. The molecule has 0 radical (unpaired) electrons. The highest BCUT2D eigenvalue weighted by Crippen LogP contribution is 2.53. The summed E-state index contributed by atoms with van der Waals surface area (Å²) >= 11 is -1.30. The van der Waals surface area contributed by atoms with Crippen molar-refractivity contribution in [2.75, 3.05) is 4.90 Å². The third-order valence-electron chi connectivity index (χ3n) is 5.58. The van der Waals surface area contributed by atoms with Gasteiger partial charge < -0.3 is 8.97 Å². The Kier molecular flexibility index (Phi) is 4.05. The molecule has 0 saturated carbocycles. The highest BCUT2D eigenvalue weighted by Gasteiger charge is 2.41. The summed E-state index contributed by atoms with van der Waals surface area (Å²) in [5.41, 5.74) is 8.58. The lowest BCUT2D eigenvalue weighted by Crippen LogP contribution is -2.22. The van der Waals surface area contributed by atoms with Crippen LogP contribution in [0.1, 0.15) is 27.8 Å². The van der Waals surface area contributed by atoms with Crippen LogP contribution in [-0.2, 0) is 11.2 Å². The van der Waals surface area contributed by atoms with Gasteiger partial charge in [-0.2, -0.15) is 0 Å². The Morgan fingerprint density at radius 1 is 0.793 bits per heavy atom. The molecule has 1 aromatic heterocycles. The summed E-state index contributed by atoms with van der Waals surface area (Å²) in [6.07, 6.45) is 0. The van der Waals surface area contributed by atoms with Crippen LogP contribution < -0.4 is 4.90 Å². The van der Waals surface area contributed by atoms with E-state index in [9.17, 15) is 4.55 Å². The SMILES string of the molecule is Cc1cc(C)c(N2c3ccc(C)cc3[S+]([O-])c3c2oc2ccc(C)cc32)c(C)c1. The van der Waals surface area contributed by atoms with E-state index < -0.39 is 11.2 Å².